The molecule has 0 saturated carbocycles. The van der Waals surface area contributed by atoms with Crippen LogP contribution in [-0.2, 0) is 6.42 Å². The molecule has 0 fully saturated rings. The van der Waals surface area contributed by atoms with Gasteiger partial charge in [-0.3, -0.25) is 4.40 Å². The molecule has 112 valence electrons. The van der Waals surface area contributed by atoms with Crippen LogP contribution in [0.25, 0.3) is 16.2 Å². The van der Waals surface area contributed by atoms with Crippen LogP contribution in [0.4, 0.5) is 0 Å². The summed E-state index contributed by atoms with van der Waals surface area (Å²) in [6.45, 7) is 4.31. The Morgan fingerprint density at radius 2 is 2.05 bits per heavy atom. The third kappa shape index (κ3) is 2.36. The molecule has 3 rings (SSSR count). The van der Waals surface area contributed by atoms with Gasteiger partial charge in [0.25, 0.3) is 0 Å². The number of aromatic nitrogens is 2. The largest absolute Gasteiger partial charge is 0.497 e. The number of thiazole rings is 1. The molecule has 1 aromatic carbocycles. The second kappa shape index (κ2) is 5.82. The molecule has 5 heteroatoms. The van der Waals surface area contributed by atoms with Crippen LogP contribution in [0.1, 0.15) is 31.2 Å². The summed E-state index contributed by atoms with van der Waals surface area (Å²) in [7, 11) is 1.65. The number of fused-ring (bicyclic) bond motifs is 1. The van der Waals surface area contributed by atoms with E-state index in [-0.39, 0.29) is 0 Å². The van der Waals surface area contributed by atoms with Gasteiger partial charge in [0.1, 0.15) is 5.75 Å². The summed E-state index contributed by atoms with van der Waals surface area (Å²) in [5.41, 5.74) is 4.07. The fraction of sp³-hybridized carbons (Fsp3) is 0.294. The number of ether oxygens (including phenoxy) is 1. The first-order valence-electron chi connectivity index (χ1n) is 7.15. The zero-order chi connectivity index (χ0) is 15.7. The summed E-state index contributed by atoms with van der Waals surface area (Å²) in [5, 5.41) is 11.3. The highest BCUT2D eigenvalue weighted by molar-refractivity contribution is 7.15. The molecule has 0 bridgehead atoms. The van der Waals surface area contributed by atoms with Crippen molar-refractivity contribution in [2.75, 3.05) is 7.11 Å². The van der Waals surface area contributed by atoms with E-state index < -0.39 is 0 Å². The SMILES string of the molecule is COc1ccc(-c2nc3scc(C(C)C)n3c2CC#N)cc1. The minimum atomic E-state index is 0.346. The Labute approximate surface area is 133 Å². The van der Waals surface area contributed by atoms with E-state index in [1.165, 1.54) is 5.69 Å². The zero-order valence-corrected chi connectivity index (χ0v) is 13.6. The second-order valence-corrected chi connectivity index (χ2v) is 6.24. The smallest absolute Gasteiger partial charge is 0.194 e. The van der Waals surface area contributed by atoms with Crippen LogP contribution in [0, 0.1) is 11.3 Å². The predicted molar refractivity (Wildman–Crippen MR) is 88.5 cm³/mol. The zero-order valence-electron chi connectivity index (χ0n) is 12.8. The van der Waals surface area contributed by atoms with Crippen LogP contribution < -0.4 is 4.74 Å². The van der Waals surface area contributed by atoms with Gasteiger partial charge in [0.05, 0.1) is 31.0 Å². The van der Waals surface area contributed by atoms with Gasteiger partial charge in [0, 0.05) is 16.6 Å². The first-order valence-corrected chi connectivity index (χ1v) is 8.03. The highest BCUT2D eigenvalue weighted by Gasteiger charge is 2.19. The van der Waals surface area contributed by atoms with Gasteiger partial charge in [0.2, 0.25) is 0 Å². The van der Waals surface area contributed by atoms with Crippen LogP contribution in [0.2, 0.25) is 0 Å². The van der Waals surface area contributed by atoms with Crippen molar-refractivity contribution in [1.82, 2.24) is 9.38 Å². The van der Waals surface area contributed by atoms with Crippen molar-refractivity contribution < 1.29 is 4.74 Å². The van der Waals surface area contributed by atoms with Crippen molar-refractivity contribution in [2.24, 2.45) is 0 Å². The number of nitrogens with zero attached hydrogens (tertiary/aromatic N) is 3. The van der Waals surface area contributed by atoms with Crippen LogP contribution in [-0.4, -0.2) is 16.5 Å². The number of hydrogen-bond donors (Lipinski definition) is 0. The predicted octanol–water partition coefficient (Wildman–Crippen LogP) is 4.26. The first kappa shape index (κ1) is 14.6. The third-order valence-corrected chi connectivity index (χ3v) is 4.53. The van der Waals surface area contributed by atoms with E-state index in [1.54, 1.807) is 18.4 Å². The lowest BCUT2D eigenvalue weighted by Gasteiger charge is -2.07. The van der Waals surface area contributed by atoms with E-state index in [9.17, 15) is 5.26 Å². The van der Waals surface area contributed by atoms with Gasteiger partial charge in [-0.2, -0.15) is 5.26 Å². The summed E-state index contributed by atoms with van der Waals surface area (Å²) in [6, 6.07) is 10.1. The molecule has 0 spiro atoms. The third-order valence-electron chi connectivity index (χ3n) is 3.69. The quantitative estimate of drug-likeness (QED) is 0.723. The molecular weight excluding hydrogens is 294 g/mol. The van der Waals surface area contributed by atoms with Gasteiger partial charge < -0.3 is 4.74 Å². The molecular formula is C17H17N3OS. The van der Waals surface area contributed by atoms with E-state index in [0.29, 0.717) is 12.3 Å². The van der Waals surface area contributed by atoms with E-state index in [0.717, 1.165) is 27.7 Å². The Morgan fingerprint density at radius 1 is 1.32 bits per heavy atom. The number of methoxy groups -OCH3 is 1. The van der Waals surface area contributed by atoms with E-state index in [2.05, 4.69) is 29.7 Å². The lowest BCUT2D eigenvalue weighted by molar-refractivity contribution is 0.415. The Kier molecular flexibility index (Phi) is 3.86. The Bertz CT molecular complexity index is 837. The Balaban J connectivity index is 2.20. The maximum Gasteiger partial charge on any atom is 0.194 e. The van der Waals surface area contributed by atoms with E-state index in [1.807, 2.05) is 24.3 Å². The van der Waals surface area contributed by atoms with Crippen molar-refractivity contribution in [3.63, 3.8) is 0 Å². The summed E-state index contributed by atoms with van der Waals surface area (Å²) >= 11 is 1.62. The first-order chi connectivity index (χ1) is 10.7. The highest BCUT2D eigenvalue weighted by atomic mass is 32.1. The van der Waals surface area contributed by atoms with Crippen LogP contribution in [0.5, 0.6) is 5.75 Å². The Hall–Kier alpha value is -2.32. The van der Waals surface area contributed by atoms with Gasteiger partial charge >= 0.3 is 0 Å². The average Bonchev–Trinajstić information content (AvgIpc) is 3.08. The van der Waals surface area contributed by atoms with Crippen LogP contribution in [0.3, 0.4) is 0 Å². The number of rotatable bonds is 4. The minimum absolute atomic E-state index is 0.346. The Morgan fingerprint density at radius 3 is 2.64 bits per heavy atom. The number of hydrogen-bond acceptors (Lipinski definition) is 4. The molecule has 0 aliphatic carbocycles. The van der Waals surface area contributed by atoms with Crippen molar-refractivity contribution in [3.05, 3.63) is 41.0 Å². The normalized spacial score (nSPS) is 11.0. The molecule has 0 aliphatic rings. The monoisotopic (exact) mass is 311 g/mol. The average molecular weight is 311 g/mol. The maximum atomic E-state index is 9.21. The fourth-order valence-electron chi connectivity index (χ4n) is 2.55. The molecule has 22 heavy (non-hydrogen) atoms. The van der Waals surface area contributed by atoms with E-state index in [4.69, 9.17) is 9.72 Å². The molecule has 0 saturated heterocycles. The fourth-order valence-corrected chi connectivity index (χ4v) is 3.62. The summed E-state index contributed by atoms with van der Waals surface area (Å²) in [5.74, 6) is 1.21. The maximum absolute atomic E-state index is 9.21. The molecule has 0 unspecified atom stereocenters. The summed E-state index contributed by atoms with van der Waals surface area (Å²) in [6.07, 6.45) is 0.346. The standard InChI is InChI=1S/C17H17N3OS/c1-11(2)15-10-22-17-19-16(14(8-9-18)20(15)17)12-4-6-13(21-3)7-5-12/h4-7,10-11H,8H2,1-3H3. The van der Waals surface area contributed by atoms with Crippen LogP contribution >= 0.6 is 11.3 Å². The molecule has 3 aromatic rings. The topological polar surface area (TPSA) is 50.3 Å². The lowest BCUT2D eigenvalue weighted by Crippen LogP contribution is -1.99. The second-order valence-electron chi connectivity index (χ2n) is 5.40. The molecule has 0 N–H and O–H groups in total. The molecule has 4 nitrogen and oxygen atoms in total. The number of imidazole rings is 1. The molecule has 0 aliphatic heterocycles. The molecule has 0 radical (unpaired) electrons. The van der Waals surface area contributed by atoms with E-state index >= 15 is 0 Å². The lowest BCUT2D eigenvalue weighted by atomic mass is 10.1. The van der Waals surface area contributed by atoms with Gasteiger partial charge in [-0.1, -0.05) is 13.8 Å². The van der Waals surface area contributed by atoms with Gasteiger partial charge in [0.15, 0.2) is 4.96 Å². The molecule has 2 aromatic heterocycles. The van der Waals surface area contributed by atoms with Crippen molar-refractivity contribution in [2.45, 2.75) is 26.2 Å². The van der Waals surface area contributed by atoms with Crippen LogP contribution in [0.15, 0.2) is 29.6 Å². The molecule has 2 heterocycles. The molecule has 0 amide bonds. The van der Waals surface area contributed by atoms with Crippen molar-refractivity contribution in [3.8, 4) is 23.1 Å². The van der Waals surface area contributed by atoms with Gasteiger partial charge in [-0.15, -0.1) is 11.3 Å². The van der Waals surface area contributed by atoms with Gasteiger partial charge in [-0.05, 0) is 30.2 Å². The highest BCUT2D eigenvalue weighted by Crippen LogP contribution is 2.32. The summed E-state index contributed by atoms with van der Waals surface area (Å²) < 4.78 is 7.34. The van der Waals surface area contributed by atoms with Crippen molar-refractivity contribution in [1.29, 1.82) is 5.26 Å². The molecule has 0 atom stereocenters. The van der Waals surface area contributed by atoms with Gasteiger partial charge in [-0.25, -0.2) is 4.98 Å². The number of benzene rings is 1. The summed E-state index contributed by atoms with van der Waals surface area (Å²) in [4.78, 5) is 5.69. The van der Waals surface area contributed by atoms with Crippen molar-refractivity contribution >= 4 is 16.3 Å². The number of nitriles is 1. The minimum Gasteiger partial charge on any atom is -0.497 e.